The molecule has 1 fully saturated rings. The number of nitrogens with one attached hydrogen (secondary N) is 4. The van der Waals surface area contributed by atoms with Crippen LogP contribution in [0.15, 0.2) is 54.1 Å². The molecule has 2 amide bonds. The van der Waals surface area contributed by atoms with E-state index in [0.717, 1.165) is 30.5 Å². The lowest BCUT2D eigenvalue weighted by atomic mass is 9.86. The second-order valence-electron chi connectivity index (χ2n) is 8.71. The van der Waals surface area contributed by atoms with Crippen molar-refractivity contribution in [2.75, 3.05) is 17.7 Å². The van der Waals surface area contributed by atoms with E-state index in [9.17, 15) is 14.9 Å². The van der Waals surface area contributed by atoms with Crippen LogP contribution in [-0.2, 0) is 14.3 Å². The Bertz CT molecular complexity index is 1140. The van der Waals surface area contributed by atoms with Gasteiger partial charge < -0.3 is 26.0 Å². The molecular formula is C26H29N5O3. The summed E-state index contributed by atoms with van der Waals surface area (Å²) in [4.78, 5) is 25.5. The molecule has 3 atom stereocenters. The highest BCUT2D eigenvalue weighted by Gasteiger charge is 2.29. The molecule has 1 heterocycles. The summed E-state index contributed by atoms with van der Waals surface area (Å²) in [6, 6.07) is 16.9. The van der Waals surface area contributed by atoms with Crippen LogP contribution in [0.1, 0.15) is 36.8 Å². The van der Waals surface area contributed by atoms with Gasteiger partial charge in [0, 0.05) is 30.0 Å². The molecule has 0 bridgehead atoms. The van der Waals surface area contributed by atoms with E-state index >= 15 is 0 Å². The van der Waals surface area contributed by atoms with Gasteiger partial charge in [-0.15, -0.1) is 0 Å². The zero-order valence-corrected chi connectivity index (χ0v) is 19.4. The third-order valence-corrected chi connectivity index (χ3v) is 6.26. The molecule has 0 spiro atoms. The van der Waals surface area contributed by atoms with Crippen LogP contribution in [0, 0.1) is 24.2 Å². The molecule has 0 radical (unpaired) electrons. The second-order valence-corrected chi connectivity index (χ2v) is 8.71. The summed E-state index contributed by atoms with van der Waals surface area (Å²) in [5.74, 6) is -0.609. The van der Waals surface area contributed by atoms with Gasteiger partial charge in [-0.2, -0.15) is 5.26 Å². The standard InChI is InChI=1S/C26H29N5O3/c1-16-9-11-19(12-10-16)29-26-30-23(22(15-27)25(33)31-26)17-5-3-7-20(13-17)28-24(32)18-6-4-8-21(14-18)34-2/h3,5,7,9-13,18,21,26,29-30H,4,6,8,14H2,1-2H3,(H,28,32)(H,31,33). The van der Waals surface area contributed by atoms with Crippen LogP contribution in [0.25, 0.3) is 5.70 Å². The first kappa shape index (κ1) is 23.3. The van der Waals surface area contributed by atoms with E-state index in [1.165, 1.54) is 0 Å². The molecule has 2 aliphatic rings. The summed E-state index contributed by atoms with van der Waals surface area (Å²) in [6.07, 6.45) is 3.00. The number of anilines is 2. The third kappa shape index (κ3) is 5.38. The summed E-state index contributed by atoms with van der Waals surface area (Å²) in [6.45, 7) is 2.00. The summed E-state index contributed by atoms with van der Waals surface area (Å²) < 4.78 is 5.44. The van der Waals surface area contributed by atoms with Crippen molar-refractivity contribution in [2.24, 2.45) is 5.92 Å². The monoisotopic (exact) mass is 459 g/mol. The maximum Gasteiger partial charge on any atom is 0.267 e. The molecule has 3 unspecified atom stereocenters. The van der Waals surface area contributed by atoms with Crippen LogP contribution >= 0.6 is 0 Å². The minimum absolute atomic E-state index is 0.0133. The van der Waals surface area contributed by atoms with Gasteiger partial charge in [0.15, 0.2) is 6.29 Å². The second kappa shape index (κ2) is 10.4. The lowest BCUT2D eigenvalue weighted by molar-refractivity contribution is -0.122. The highest BCUT2D eigenvalue weighted by Crippen LogP contribution is 2.28. The van der Waals surface area contributed by atoms with Crippen LogP contribution in [0.5, 0.6) is 0 Å². The van der Waals surface area contributed by atoms with Gasteiger partial charge in [0.25, 0.3) is 5.91 Å². The van der Waals surface area contributed by atoms with E-state index in [1.54, 1.807) is 31.4 Å². The van der Waals surface area contributed by atoms with E-state index in [-0.39, 0.29) is 23.5 Å². The Labute approximate surface area is 199 Å². The van der Waals surface area contributed by atoms with Crippen molar-refractivity contribution < 1.29 is 14.3 Å². The van der Waals surface area contributed by atoms with Gasteiger partial charge in [-0.25, -0.2) is 0 Å². The van der Waals surface area contributed by atoms with Crippen molar-refractivity contribution in [2.45, 2.75) is 45.0 Å². The summed E-state index contributed by atoms with van der Waals surface area (Å²) in [5, 5.41) is 21.8. The first-order valence-electron chi connectivity index (χ1n) is 11.5. The molecule has 8 heteroatoms. The van der Waals surface area contributed by atoms with Crippen molar-refractivity contribution >= 4 is 28.9 Å². The Hall–Kier alpha value is -3.83. The van der Waals surface area contributed by atoms with Crippen LogP contribution in [0.3, 0.4) is 0 Å². The quantitative estimate of drug-likeness (QED) is 0.526. The van der Waals surface area contributed by atoms with E-state index in [0.29, 0.717) is 23.4 Å². The molecule has 176 valence electrons. The zero-order valence-electron chi connectivity index (χ0n) is 19.4. The van der Waals surface area contributed by atoms with Crippen molar-refractivity contribution in [3.05, 3.63) is 65.2 Å². The molecular weight excluding hydrogens is 430 g/mol. The summed E-state index contributed by atoms with van der Waals surface area (Å²) in [7, 11) is 1.68. The fourth-order valence-electron chi connectivity index (χ4n) is 4.39. The highest BCUT2D eigenvalue weighted by molar-refractivity contribution is 6.06. The zero-order chi connectivity index (χ0) is 24.1. The number of carbonyl (C=O) groups is 2. The van der Waals surface area contributed by atoms with E-state index in [4.69, 9.17) is 4.74 Å². The number of nitriles is 1. The van der Waals surface area contributed by atoms with E-state index < -0.39 is 12.2 Å². The largest absolute Gasteiger partial charge is 0.381 e. The maximum absolute atomic E-state index is 12.8. The molecule has 4 rings (SSSR count). The van der Waals surface area contributed by atoms with Crippen LogP contribution in [0.2, 0.25) is 0 Å². The molecule has 1 aliphatic carbocycles. The minimum atomic E-state index is -0.603. The maximum atomic E-state index is 12.8. The number of rotatable bonds is 6. The Balaban J connectivity index is 1.52. The molecule has 8 nitrogen and oxygen atoms in total. The predicted molar refractivity (Wildman–Crippen MR) is 130 cm³/mol. The Morgan fingerprint density at radius 1 is 1.12 bits per heavy atom. The average Bonchev–Trinajstić information content (AvgIpc) is 2.85. The number of carbonyl (C=O) groups excluding carboxylic acids is 2. The fourth-order valence-corrected chi connectivity index (χ4v) is 4.39. The number of methoxy groups -OCH3 is 1. The smallest absolute Gasteiger partial charge is 0.267 e. The summed E-state index contributed by atoms with van der Waals surface area (Å²) >= 11 is 0. The fraction of sp³-hybridized carbons (Fsp3) is 0.346. The van der Waals surface area contributed by atoms with Crippen molar-refractivity contribution in [1.29, 1.82) is 5.26 Å². The van der Waals surface area contributed by atoms with Crippen LogP contribution < -0.4 is 21.3 Å². The molecule has 2 aromatic rings. The van der Waals surface area contributed by atoms with Gasteiger partial charge in [-0.05, 0) is 50.5 Å². The number of hydrogen-bond donors (Lipinski definition) is 4. The Morgan fingerprint density at radius 3 is 2.65 bits per heavy atom. The number of ether oxygens (including phenoxy) is 1. The SMILES string of the molecule is COC1CCCC(C(=O)Nc2cccc(C3=C(C#N)C(=O)NC(Nc4ccc(C)cc4)N3)c2)C1. The van der Waals surface area contributed by atoms with E-state index in [2.05, 4.69) is 21.3 Å². The van der Waals surface area contributed by atoms with Gasteiger partial charge >= 0.3 is 0 Å². The summed E-state index contributed by atoms with van der Waals surface area (Å²) in [5.41, 5.74) is 3.60. The number of nitrogens with zero attached hydrogens (tertiary/aromatic N) is 1. The third-order valence-electron chi connectivity index (χ3n) is 6.26. The molecule has 0 aromatic heterocycles. The first-order valence-corrected chi connectivity index (χ1v) is 11.5. The van der Waals surface area contributed by atoms with Crippen molar-refractivity contribution in [3.63, 3.8) is 0 Å². The predicted octanol–water partition coefficient (Wildman–Crippen LogP) is 3.49. The minimum Gasteiger partial charge on any atom is -0.381 e. The van der Waals surface area contributed by atoms with Crippen LogP contribution in [-0.4, -0.2) is 31.3 Å². The van der Waals surface area contributed by atoms with Gasteiger partial charge in [0.05, 0.1) is 11.8 Å². The number of benzene rings is 2. The van der Waals surface area contributed by atoms with Gasteiger partial charge in [0.2, 0.25) is 5.91 Å². The van der Waals surface area contributed by atoms with Crippen molar-refractivity contribution in [1.82, 2.24) is 10.6 Å². The number of amides is 2. The number of aryl methyl sites for hydroxylation is 1. The highest BCUT2D eigenvalue weighted by atomic mass is 16.5. The van der Waals surface area contributed by atoms with Gasteiger partial charge in [-0.3, -0.25) is 9.59 Å². The molecule has 2 aromatic carbocycles. The van der Waals surface area contributed by atoms with E-state index in [1.807, 2.05) is 37.3 Å². The average molecular weight is 460 g/mol. The molecule has 1 aliphatic heterocycles. The first-order chi connectivity index (χ1) is 16.5. The van der Waals surface area contributed by atoms with Gasteiger partial charge in [0.1, 0.15) is 11.6 Å². The topological polar surface area (TPSA) is 115 Å². The number of hydrogen-bond acceptors (Lipinski definition) is 6. The normalized spacial score (nSPS) is 22.3. The van der Waals surface area contributed by atoms with Crippen molar-refractivity contribution in [3.8, 4) is 6.07 Å². The molecule has 4 N–H and O–H groups in total. The molecule has 34 heavy (non-hydrogen) atoms. The van der Waals surface area contributed by atoms with Crippen LogP contribution in [0.4, 0.5) is 11.4 Å². The lowest BCUT2D eigenvalue weighted by Gasteiger charge is -2.30. The van der Waals surface area contributed by atoms with Gasteiger partial charge in [-0.1, -0.05) is 36.2 Å². The molecule has 0 saturated heterocycles. The Morgan fingerprint density at radius 2 is 1.91 bits per heavy atom. The Kier molecular flexibility index (Phi) is 7.14. The lowest BCUT2D eigenvalue weighted by Crippen LogP contribution is -2.54. The molecule has 1 saturated carbocycles.